The van der Waals surface area contributed by atoms with Gasteiger partial charge < -0.3 is 14.6 Å². The van der Waals surface area contributed by atoms with E-state index in [1.807, 2.05) is 0 Å². The van der Waals surface area contributed by atoms with Crippen LogP contribution in [0, 0.1) is 6.92 Å². The van der Waals surface area contributed by atoms with Crippen LogP contribution in [0.5, 0.6) is 0 Å². The van der Waals surface area contributed by atoms with Gasteiger partial charge in [-0.25, -0.2) is 4.79 Å². The van der Waals surface area contributed by atoms with Gasteiger partial charge in [0.25, 0.3) is 6.29 Å². The van der Waals surface area contributed by atoms with Gasteiger partial charge in [-0.05, 0) is 18.6 Å². The summed E-state index contributed by atoms with van der Waals surface area (Å²) in [6, 6.07) is 1.77. The second-order valence-electron chi connectivity index (χ2n) is 2.84. The topological polar surface area (TPSA) is 55.8 Å². The number of aromatic carboxylic acids is 1. The Morgan fingerprint density at radius 2 is 2.14 bits per heavy atom. The summed E-state index contributed by atoms with van der Waals surface area (Å²) in [5.74, 6) is -0.912. The van der Waals surface area contributed by atoms with Gasteiger partial charge in [-0.15, -0.1) is 11.3 Å². The van der Waals surface area contributed by atoms with Crippen LogP contribution in [0.25, 0.3) is 0 Å². The van der Waals surface area contributed by atoms with Crippen molar-refractivity contribution in [1.82, 2.24) is 0 Å². The van der Waals surface area contributed by atoms with E-state index in [2.05, 4.69) is 0 Å². The molecule has 0 atom stereocenters. The molecule has 0 unspecified atom stereocenters. The van der Waals surface area contributed by atoms with Gasteiger partial charge in [-0.3, -0.25) is 0 Å². The van der Waals surface area contributed by atoms with Crippen molar-refractivity contribution in [1.29, 1.82) is 0 Å². The average molecular weight is 212 g/mol. The summed E-state index contributed by atoms with van der Waals surface area (Å²) in [5.41, 5.74) is 0.733. The van der Waals surface area contributed by atoms with Crippen LogP contribution in [-0.2, 0) is 9.47 Å². The van der Waals surface area contributed by atoms with Crippen LogP contribution < -0.4 is 0 Å². The molecule has 4 nitrogen and oxygen atoms in total. The molecule has 1 aromatic heterocycles. The molecule has 74 valence electrons. The summed E-state index contributed by atoms with van der Waals surface area (Å²) in [6.45, 7) is 1.76. The minimum absolute atomic E-state index is 0.333. The molecule has 1 aliphatic heterocycles. The largest absolute Gasteiger partial charge is 0.477 e. The number of rotatable bonds is 2. The third-order valence-corrected chi connectivity index (χ3v) is 3.07. The number of carboxylic acid groups (broad SMARTS) is 1. The molecule has 5 heteroatoms. The summed E-state index contributed by atoms with van der Waals surface area (Å²) < 4.78 is 10.2. The number of carbonyl (C=O) groups is 1. The molecule has 0 amide bonds. The highest BCUT2D eigenvalue weighted by Crippen LogP contribution is 2.32. The molecule has 0 saturated heterocycles. The van der Waals surface area contributed by atoms with Gasteiger partial charge in [0.15, 0.2) is 0 Å². The Kier molecular flexibility index (Phi) is 2.17. The maximum atomic E-state index is 10.8. The van der Waals surface area contributed by atoms with E-state index in [4.69, 9.17) is 14.6 Å². The number of hydrogen-bond acceptors (Lipinski definition) is 4. The molecule has 14 heavy (non-hydrogen) atoms. The molecular weight excluding hydrogens is 204 g/mol. The van der Waals surface area contributed by atoms with E-state index in [9.17, 15) is 4.79 Å². The van der Waals surface area contributed by atoms with E-state index < -0.39 is 12.3 Å². The Bertz CT molecular complexity index is 386. The lowest BCUT2D eigenvalue weighted by molar-refractivity contribution is -0.0217. The van der Waals surface area contributed by atoms with E-state index in [1.54, 1.807) is 13.0 Å². The SMILES string of the molecule is Cc1cc(C2OC=CO2)sc1C(=O)O. The monoisotopic (exact) mass is 212 g/mol. The fraction of sp³-hybridized carbons (Fsp3) is 0.222. The van der Waals surface area contributed by atoms with Crippen LogP contribution in [0.3, 0.4) is 0 Å². The van der Waals surface area contributed by atoms with Gasteiger partial charge in [0.2, 0.25) is 0 Å². The van der Waals surface area contributed by atoms with Crippen molar-refractivity contribution >= 4 is 17.3 Å². The molecule has 1 N–H and O–H groups in total. The molecular formula is C9H8O4S. The van der Waals surface area contributed by atoms with Crippen molar-refractivity contribution in [3.63, 3.8) is 0 Å². The molecule has 0 saturated carbocycles. The van der Waals surface area contributed by atoms with Gasteiger partial charge in [0.05, 0.1) is 4.88 Å². The highest BCUT2D eigenvalue weighted by molar-refractivity contribution is 7.14. The predicted octanol–water partition coefficient (Wildman–Crippen LogP) is 2.27. The van der Waals surface area contributed by atoms with Crippen LogP contribution in [-0.4, -0.2) is 11.1 Å². The van der Waals surface area contributed by atoms with Gasteiger partial charge >= 0.3 is 5.97 Å². The van der Waals surface area contributed by atoms with E-state index in [0.717, 1.165) is 10.4 Å². The highest BCUT2D eigenvalue weighted by Gasteiger charge is 2.21. The lowest BCUT2D eigenvalue weighted by atomic mass is 10.2. The Hall–Kier alpha value is -1.49. The zero-order chi connectivity index (χ0) is 10.1. The smallest absolute Gasteiger partial charge is 0.346 e. The molecule has 0 radical (unpaired) electrons. The molecule has 2 heterocycles. The third-order valence-electron chi connectivity index (χ3n) is 1.82. The fourth-order valence-corrected chi connectivity index (χ4v) is 2.19. The van der Waals surface area contributed by atoms with Crippen LogP contribution >= 0.6 is 11.3 Å². The normalized spacial score (nSPS) is 15.2. The van der Waals surface area contributed by atoms with E-state index in [-0.39, 0.29) is 0 Å². The molecule has 1 aromatic rings. The minimum Gasteiger partial charge on any atom is -0.477 e. The Morgan fingerprint density at radius 3 is 2.64 bits per heavy atom. The average Bonchev–Trinajstić information content (AvgIpc) is 2.70. The second-order valence-corrected chi connectivity index (χ2v) is 3.93. The van der Waals surface area contributed by atoms with Crippen LogP contribution in [0.4, 0.5) is 0 Å². The summed E-state index contributed by atoms with van der Waals surface area (Å²) in [7, 11) is 0. The Morgan fingerprint density at radius 1 is 1.50 bits per heavy atom. The Balaban J connectivity index is 2.27. The molecule has 0 spiro atoms. The molecule has 0 aliphatic carbocycles. The Labute approximate surface area is 84.4 Å². The van der Waals surface area contributed by atoms with Crippen molar-refractivity contribution in [2.24, 2.45) is 0 Å². The van der Waals surface area contributed by atoms with Crippen molar-refractivity contribution in [3.05, 3.63) is 33.9 Å². The molecule has 0 bridgehead atoms. The maximum Gasteiger partial charge on any atom is 0.346 e. The van der Waals surface area contributed by atoms with Crippen molar-refractivity contribution in [2.75, 3.05) is 0 Å². The molecule has 0 fully saturated rings. The van der Waals surface area contributed by atoms with Crippen LogP contribution in [0.1, 0.15) is 26.4 Å². The van der Waals surface area contributed by atoms with E-state index in [0.29, 0.717) is 4.88 Å². The number of carboxylic acids is 1. The first kappa shape index (κ1) is 9.08. The predicted molar refractivity (Wildman–Crippen MR) is 50.1 cm³/mol. The number of hydrogen-bond donors (Lipinski definition) is 1. The zero-order valence-electron chi connectivity index (χ0n) is 7.39. The van der Waals surface area contributed by atoms with Crippen LogP contribution in [0.2, 0.25) is 0 Å². The first-order valence-electron chi connectivity index (χ1n) is 3.98. The van der Waals surface area contributed by atoms with Crippen molar-refractivity contribution in [2.45, 2.75) is 13.2 Å². The third kappa shape index (κ3) is 1.46. The summed E-state index contributed by atoms with van der Waals surface area (Å²) in [6.07, 6.45) is 2.41. The summed E-state index contributed by atoms with van der Waals surface area (Å²) >= 11 is 1.18. The molecule has 1 aliphatic rings. The minimum atomic E-state index is -0.912. The van der Waals surface area contributed by atoms with E-state index >= 15 is 0 Å². The number of aryl methyl sites for hydroxylation is 1. The molecule has 0 aromatic carbocycles. The highest BCUT2D eigenvalue weighted by atomic mass is 32.1. The maximum absolute atomic E-state index is 10.8. The summed E-state index contributed by atoms with van der Waals surface area (Å²) in [5, 5.41) is 8.83. The van der Waals surface area contributed by atoms with E-state index in [1.165, 1.54) is 23.9 Å². The van der Waals surface area contributed by atoms with Gasteiger partial charge in [-0.1, -0.05) is 0 Å². The number of ether oxygens (including phenoxy) is 2. The fourth-order valence-electron chi connectivity index (χ4n) is 1.21. The standard InChI is InChI=1S/C9H8O4S/c1-5-4-6(9-12-2-3-13-9)14-7(5)8(10)11/h2-4,9H,1H3,(H,10,11). The van der Waals surface area contributed by atoms with Gasteiger partial charge in [-0.2, -0.15) is 0 Å². The zero-order valence-corrected chi connectivity index (χ0v) is 8.21. The van der Waals surface area contributed by atoms with Gasteiger partial charge in [0, 0.05) is 0 Å². The first-order valence-corrected chi connectivity index (χ1v) is 4.79. The summed E-state index contributed by atoms with van der Waals surface area (Å²) in [4.78, 5) is 11.9. The van der Waals surface area contributed by atoms with Crippen molar-refractivity contribution < 1.29 is 19.4 Å². The quantitative estimate of drug-likeness (QED) is 0.817. The molecule has 2 rings (SSSR count). The van der Waals surface area contributed by atoms with Crippen molar-refractivity contribution in [3.8, 4) is 0 Å². The lowest BCUT2D eigenvalue weighted by Gasteiger charge is -2.06. The second kappa shape index (κ2) is 3.34. The van der Waals surface area contributed by atoms with Gasteiger partial charge in [0.1, 0.15) is 17.4 Å². The number of thiophene rings is 1. The van der Waals surface area contributed by atoms with Crippen LogP contribution in [0.15, 0.2) is 18.6 Å². The lowest BCUT2D eigenvalue weighted by Crippen LogP contribution is -1.94. The first-order chi connectivity index (χ1) is 6.68.